The molecule has 0 bridgehead atoms. The van der Waals surface area contributed by atoms with E-state index < -0.39 is 51.3 Å². The van der Waals surface area contributed by atoms with Crippen molar-refractivity contribution in [2.75, 3.05) is 13.2 Å². The van der Waals surface area contributed by atoms with Crippen LogP contribution in [0, 0.1) is 5.92 Å². The van der Waals surface area contributed by atoms with Crippen LogP contribution in [-0.4, -0.2) is 63.5 Å². The molecule has 46 heavy (non-hydrogen) atoms. The van der Waals surface area contributed by atoms with Crippen LogP contribution in [0.5, 0.6) is 0 Å². The fourth-order valence-corrected chi connectivity index (χ4v) is 4.90. The van der Waals surface area contributed by atoms with Gasteiger partial charge in [0.25, 0.3) is 0 Å². The number of unbranched alkanes of at least 4 members (excludes halogenated alkanes) is 8. The fourth-order valence-electron chi connectivity index (χ4n) is 4.54. The molecular weight excluding hydrogens is 611 g/mol. The van der Waals surface area contributed by atoms with Crippen LogP contribution in [0.15, 0.2) is 36.5 Å². The number of phosphoric acid groups is 1. The normalized spacial score (nSPS) is 14.4. The van der Waals surface area contributed by atoms with Crippen LogP contribution < -0.4 is 0 Å². The lowest BCUT2D eigenvalue weighted by atomic mass is 10.0. The Morgan fingerprint density at radius 3 is 1.96 bits per heavy atom. The van der Waals surface area contributed by atoms with E-state index in [4.69, 9.17) is 19.3 Å². The highest BCUT2D eigenvalue weighted by Crippen LogP contribution is 2.36. The van der Waals surface area contributed by atoms with Crippen LogP contribution in [0.2, 0.25) is 0 Å². The lowest BCUT2D eigenvalue weighted by Gasteiger charge is -2.19. The molecule has 0 saturated heterocycles. The van der Waals surface area contributed by atoms with Gasteiger partial charge in [0.2, 0.25) is 0 Å². The number of hydrogen-bond donors (Lipinski definition) is 4. The summed E-state index contributed by atoms with van der Waals surface area (Å²) in [5.41, 5.74) is 0. The molecule has 0 aliphatic heterocycles. The van der Waals surface area contributed by atoms with Gasteiger partial charge >= 0.3 is 19.8 Å². The van der Waals surface area contributed by atoms with Gasteiger partial charge < -0.3 is 29.5 Å². The van der Waals surface area contributed by atoms with Gasteiger partial charge in [-0.2, -0.15) is 0 Å². The van der Waals surface area contributed by atoms with Gasteiger partial charge in [-0.25, -0.2) is 4.57 Å². The highest BCUT2D eigenvalue weighted by atomic mass is 31.2. The number of carbonyl (C=O) groups is 2. The molecular formula is C35H63O10P. The van der Waals surface area contributed by atoms with Crippen LogP contribution in [-0.2, 0) is 28.2 Å². The van der Waals surface area contributed by atoms with Gasteiger partial charge in [0.15, 0.2) is 6.10 Å². The lowest BCUT2D eigenvalue weighted by Crippen LogP contribution is -2.30. The Labute approximate surface area is 277 Å². The smallest absolute Gasteiger partial charge is 0.462 e. The predicted octanol–water partition coefficient (Wildman–Crippen LogP) is 7.64. The van der Waals surface area contributed by atoms with Crippen LogP contribution in [0.4, 0.5) is 0 Å². The zero-order chi connectivity index (χ0) is 34.5. The fraction of sp³-hybridized carbons (Fsp3) is 0.771. The number of rotatable bonds is 30. The van der Waals surface area contributed by atoms with Crippen molar-refractivity contribution in [1.29, 1.82) is 0 Å². The average Bonchev–Trinajstić information content (AvgIpc) is 2.99. The number of esters is 2. The zero-order valence-corrected chi connectivity index (χ0v) is 29.5. The summed E-state index contributed by atoms with van der Waals surface area (Å²) < 4.78 is 26.0. The minimum Gasteiger partial charge on any atom is -0.462 e. The molecule has 0 rings (SSSR count). The molecule has 0 saturated carbocycles. The molecule has 0 aliphatic carbocycles. The molecule has 0 radical (unpaired) electrons. The van der Waals surface area contributed by atoms with Crippen molar-refractivity contribution in [3.05, 3.63) is 36.5 Å². The Hall–Kier alpha value is -1.81. The van der Waals surface area contributed by atoms with Gasteiger partial charge in [0.1, 0.15) is 6.61 Å². The van der Waals surface area contributed by atoms with Gasteiger partial charge in [-0.1, -0.05) is 109 Å². The van der Waals surface area contributed by atoms with Crippen molar-refractivity contribution in [3.8, 4) is 0 Å². The summed E-state index contributed by atoms with van der Waals surface area (Å²) in [6, 6.07) is 0. The molecule has 4 N–H and O–H groups in total. The van der Waals surface area contributed by atoms with Crippen molar-refractivity contribution in [2.24, 2.45) is 5.92 Å². The molecule has 0 heterocycles. The third-order valence-electron chi connectivity index (χ3n) is 7.29. The summed E-state index contributed by atoms with van der Waals surface area (Å²) in [4.78, 5) is 42.5. The Morgan fingerprint density at radius 2 is 1.30 bits per heavy atom. The second-order valence-corrected chi connectivity index (χ2v) is 13.5. The number of ether oxygens (including phenoxy) is 2. The Morgan fingerprint density at radius 1 is 0.696 bits per heavy atom. The largest absolute Gasteiger partial charge is 0.469 e. The molecule has 0 aromatic carbocycles. The number of hydrogen-bond acceptors (Lipinski definition) is 8. The molecule has 11 heteroatoms. The predicted molar refractivity (Wildman–Crippen MR) is 182 cm³/mol. The molecule has 10 nitrogen and oxygen atoms in total. The molecule has 2 unspecified atom stereocenters. The van der Waals surface area contributed by atoms with E-state index in [-0.39, 0.29) is 32.1 Å². The van der Waals surface area contributed by atoms with Crippen molar-refractivity contribution < 1.29 is 48.2 Å². The second-order valence-electron chi connectivity index (χ2n) is 12.3. The van der Waals surface area contributed by atoms with E-state index in [9.17, 15) is 24.4 Å². The number of allylic oxidation sites excluding steroid dienone is 5. The first-order valence-corrected chi connectivity index (χ1v) is 18.8. The van der Waals surface area contributed by atoms with Crippen molar-refractivity contribution in [2.45, 2.75) is 155 Å². The van der Waals surface area contributed by atoms with E-state index in [0.717, 1.165) is 38.5 Å². The van der Waals surface area contributed by atoms with Crippen LogP contribution >= 0.6 is 7.82 Å². The maximum Gasteiger partial charge on any atom is 0.469 e. The second kappa shape index (κ2) is 29.3. The minimum absolute atomic E-state index is 0.102. The molecule has 0 aromatic rings. The molecule has 0 fully saturated rings. The van der Waals surface area contributed by atoms with Crippen LogP contribution in [0.1, 0.15) is 136 Å². The van der Waals surface area contributed by atoms with E-state index in [1.807, 2.05) is 12.2 Å². The molecule has 3 atom stereocenters. The summed E-state index contributed by atoms with van der Waals surface area (Å²) in [5, 5.41) is 20.5. The number of aliphatic hydroxyl groups excluding tert-OH is 2. The standard InChI is InChI=1S/C35H63O10P/c1-4-5-6-7-8-9-10-11-12-13-17-20-24-32(36)33(37)25-22-27-35(39)45-31(29-44-46(40,41)42)28-43-34(38)26-21-18-15-14-16-19-23-30(2)3/h8-9,11-12,17,20,30-33,36-37H,4-7,10,13-16,18-19,21-29H2,1-3H3,(H2,40,41,42)/b9-8-,12-11-,20-17-/t31-,32?,33?/m1/s1. The Kier molecular flexibility index (Phi) is 28.2. The van der Waals surface area contributed by atoms with Gasteiger partial charge in [-0.15, -0.1) is 0 Å². The van der Waals surface area contributed by atoms with Crippen molar-refractivity contribution in [3.63, 3.8) is 0 Å². The molecule has 0 spiro atoms. The van der Waals surface area contributed by atoms with Crippen molar-refractivity contribution >= 4 is 19.8 Å². The molecule has 0 aliphatic rings. The monoisotopic (exact) mass is 674 g/mol. The Balaban J connectivity index is 4.31. The summed E-state index contributed by atoms with van der Waals surface area (Å²) in [7, 11) is -4.83. The third kappa shape index (κ3) is 30.8. The summed E-state index contributed by atoms with van der Waals surface area (Å²) >= 11 is 0. The SMILES string of the molecule is CCCCC/C=C\C/C=C\C/C=C\CC(O)C(O)CCCC(=O)O[C@H](COC(=O)CCCCCCCCC(C)C)COP(=O)(O)O. The molecule has 0 aromatic heterocycles. The highest BCUT2D eigenvalue weighted by molar-refractivity contribution is 7.46. The van der Waals surface area contributed by atoms with Crippen molar-refractivity contribution in [1.82, 2.24) is 0 Å². The van der Waals surface area contributed by atoms with Crippen LogP contribution in [0.25, 0.3) is 0 Å². The van der Waals surface area contributed by atoms with E-state index in [1.165, 1.54) is 38.5 Å². The summed E-state index contributed by atoms with van der Waals surface area (Å²) in [6.45, 7) is 5.59. The van der Waals surface area contributed by atoms with Gasteiger partial charge in [-0.05, 0) is 57.3 Å². The first-order valence-electron chi connectivity index (χ1n) is 17.3. The average molecular weight is 675 g/mol. The van der Waals surface area contributed by atoms with Crippen LogP contribution in [0.3, 0.4) is 0 Å². The van der Waals surface area contributed by atoms with Gasteiger partial charge in [0.05, 0.1) is 18.8 Å². The van der Waals surface area contributed by atoms with E-state index in [1.54, 1.807) is 0 Å². The number of carbonyl (C=O) groups excluding carboxylic acids is 2. The molecule has 268 valence electrons. The maximum atomic E-state index is 12.3. The quantitative estimate of drug-likeness (QED) is 0.0258. The highest BCUT2D eigenvalue weighted by Gasteiger charge is 2.23. The topological polar surface area (TPSA) is 160 Å². The Bertz CT molecular complexity index is 896. The number of phosphoric ester groups is 1. The van der Waals surface area contributed by atoms with E-state index >= 15 is 0 Å². The minimum atomic E-state index is -4.83. The van der Waals surface area contributed by atoms with E-state index in [2.05, 4.69) is 49.6 Å². The van der Waals surface area contributed by atoms with E-state index in [0.29, 0.717) is 12.3 Å². The maximum absolute atomic E-state index is 12.3. The summed E-state index contributed by atoms with van der Waals surface area (Å²) in [6.07, 6.45) is 23.7. The number of aliphatic hydroxyl groups is 2. The van der Waals surface area contributed by atoms with Gasteiger partial charge in [-0.3, -0.25) is 14.1 Å². The first kappa shape index (κ1) is 44.2. The third-order valence-corrected chi connectivity index (χ3v) is 7.78. The van der Waals surface area contributed by atoms with Gasteiger partial charge in [0, 0.05) is 12.8 Å². The lowest BCUT2D eigenvalue weighted by molar-refractivity contribution is -0.161. The first-order chi connectivity index (χ1) is 21.9. The molecule has 0 amide bonds. The summed E-state index contributed by atoms with van der Waals surface area (Å²) in [5.74, 6) is -0.466. The zero-order valence-electron chi connectivity index (χ0n) is 28.6.